The molecule has 0 aromatic carbocycles. The molecule has 5 heteroatoms. The first-order valence-corrected chi connectivity index (χ1v) is 4.82. The van der Waals surface area contributed by atoms with Crippen LogP contribution in [0.1, 0.15) is 31.5 Å². The highest BCUT2D eigenvalue weighted by Crippen LogP contribution is 2.11. The van der Waals surface area contributed by atoms with Crippen molar-refractivity contribution in [1.82, 2.24) is 14.8 Å². The van der Waals surface area contributed by atoms with E-state index in [1.807, 2.05) is 0 Å². The molecule has 5 nitrogen and oxygen atoms in total. The third-order valence-electron chi connectivity index (χ3n) is 2.07. The normalized spacial score (nSPS) is 11.2. The number of hydrogen-bond donors (Lipinski definition) is 1. The van der Waals surface area contributed by atoms with Crippen LogP contribution in [0.4, 0.5) is 0 Å². The highest BCUT2D eigenvalue weighted by Gasteiger charge is 2.12. The van der Waals surface area contributed by atoms with Gasteiger partial charge in [-0.2, -0.15) is 0 Å². The van der Waals surface area contributed by atoms with E-state index < -0.39 is 0 Å². The molecule has 0 aliphatic heterocycles. The van der Waals surface area contributed by atoms with Crippen molar-refractivity contribution in [3.63, 3.8) is 0 Å². The van der Waals surface area contributed by atoms with E-state index in [9.17, 15) is 0 Å². The Morgan fingerprint density at radius 1 is 1.36 bits per heavy atom. The summed E-state index contributed by atoms with van der Waals surface area (Å²) in [5.74, 6) is 1.79. The fourth-order valence-electron chi connectivity index (χ4n) is 1.46. The van der Waals surface area contributed by atoms with Crippen molar-refractivity contribution >= 4 is 0 Å². The third-order valence-corrected chi connectivity index (χ3v) is 2.07. The summed E-state index contributed by atoms with van der Waals surface area (Å²) in [6.45, 7) is 5.28. The van der Waals surface area contributed by atoms with Crippen molar-refractivity contribution < 1.29 is 4.74 Å². The van der Waals surface area contributed by atoms with E-state index in [-0.39, 0.29) is 0 Å². The summed E-state index contributed by atoms with van der Waals surface area (Å²) in [5.41, 5.74) is 5.58. The minimum atomic E-state index is 0.343. The van der Waals surface area contributed by atoms with Gasteiger partial charge in [-0.25, -0.2) is 0 Å². The molecule has 1 aromatic heterocycles. The summed E-state index contributed by atoms with van der Waals surface area (Å²) in [4.78, 5) is 0. The summed E-state index contributed by atoms with van der Waals surface area (Å²) in [7, 11) is 1.68. The van der Waals surface area contributed by atoms with Crippen molar-refractivity contribution in [3.8, 4) is 0 Å². The Morgan fingerprint density at radius 3 is 2.50 bits per heavy atom. The molecule has 0 fully saturated rings. The highest BCUT2D eigenvalue weighted by molar-refractivity contribution is 4.97. The molecule has 0 unspecified atom stereocenters. The minimum Gasteiger partial charge on any atom is -0.384 e. The first-order valence-electron chi connectivity index (χ1n) is 4.82. The predicted molar refractivity (Wildman–Crippen MR) is 53.9 cm³/mol. The SMILES string of the molecule is COCCc1nnc(CN)n1C(C)C. The quantitative estimate of drug-likeness (QED) is 0.748. The van der Waals surface area contributed by atoms with Crippen LogP contribution in [0, 0.1) is 0 Å². The Morgan fingerprint density at radius 2 is 2.00 bits per heavy atom. The topological polar surface area (TPSA) is 66.0 Å². The average molecular weight is 198 g/mol. The monoisotopic (exact) mass is 198 g/mol. The van der Waals surface area contributed by atoms with E-state index in [1.54, 1.807) is 7.11 Å². The fourth-order valence-corrected chi connectivity index (χ4v) is 1.46. The van der Waals surface area contributed by atoms with Gasteiger partial charge >= 0.3 is 0 Å². The Kier molecular flexibility index (Phi) is 4.03. The molecule has 0 aliphatic carbocycles. The lowest BCUT2D eigenvalue weighted by Crippen LogP contribution is -2.14. The Hall–Kier alpha value is -0.940. The molecule has 1 aromatic rings. The van der Waals surface area contributed by atoms with Gasteiger partial charge in [0.25, 0.3) is 0 Å². The lowest BCUT2D eigenvalue weighted by atomic mass is 10.3. The van der Waals surface area contributed by atoms with Gasteiger partial charge in [0.15, 0.2) is 0 Å². The maximum Gasteiger partial charge on any atom is 0.147 e. The van der Waals surface area contributed by atoms with Crippen molar-refractivity contribution in [2.24, 2.45) is 5.73 Å². The molecule has 80 valence electrons. The van der Waals surface area contributed by atoms with E-state index in [2.05, 4.69) is 28.6 Å². The van der Waals surface area contributed by atoms with Crippen molar-refractivity contribution in [3.05, 3.63) is 11.6 Å². The third kappa shape index (κ3) is 2.30. The standard InChI is InChI=1S/C9H18N4O/c1-7(2)13-8(4-5-14-3)11-12-9(13)6-10/h7H,4-6,10H2,1-3H3. The second-order valence-corrected chi connectivity index (χ2v) is 3.44. The zero-order valence-electron chi connectivity index (χ0n) is 9.03. The fraction of sp³-hybridized carbons (Fsp3) is 0.778. The van der Waals surface area contributed by atoms with Crippen LogP contribution in [0.3, 0.4) is 0 Å². The summed E-state index contributed by atoms with van der Waals surface area (Å²) in [6, 6.07) is 0.343. The molecule has 2 N–H and O–H groups in total. The lowest BCUT2D eigenvalue weighted by Gasteiger charge is -2.12. The number of rotatable bonds is 5. The number of methoxy groups -OCH3 is 1. The first-order chi connectivity index (χ1) is 6.70. The summed E-state index contributed by atoms with van der Waals surface area (Å²) < 4.78 is 7.08. The van der Waals surface area contributed by atoms with Crippen LogP contribution in [0.2, 0.25) is 0 Å². The second-order valence-electron chi connectivity index (χ2n) is 3.44. The molecule has 1 rings (SSSR count). The Labute approximate surface area is 84.3 Å². The zero-order chi connectivity index (χ0) is 10.6. The van der Waals surface area contributed by atoms with Gasteiger partial charge in [0.2, 0.25) is 0 Å². The molecular formula is C9H18N4O. The van der Waals surface area contributed by atoms with Crippen LogP contribution in [0.15, 0.2) is 0 Å². The van der Waals surface area contributed by atoms with Crippen molar-refractivity contribution in [1.29, 1.82) is 0 Å². The van der Waals surface area contributed by atoms with Gasteiger partial charge in [0.05, 0.1) is 13.2 Å². The van der Waals surface area contributed by atoms with Crippen LogP contribution in [-0.4, -0.2) is 28.5 Å². The summed E-state index contributed by atoms with van der Waals surface area (Å²) in [6.07, 6.45) is 0.779. The molecular weight excluding hydrogens is 180 g/mol. The van der Waals surface area contributed by atoms with Crippen molar-refractivity contribution in [2.75, 3.05) is 13.7 Å². The minimum absolute atomic E-state index is 0.343. The maximum absolute atomic E-state index is 5.58. The van der Waals surface area contributed by atoms with Gasteiger partial charge in [0, 0.05) is 19.6 Å². The van der Waals surface area contributed by atoms with Gasteiger partial charge in [-0.3, -0.25) is 0 Å². The number of nitrogens with two attached hydrogens (primary N) is 1. The maximum atomic E-state index is 5.58. The molecule has 0 saturated heterocycles. The number of nitrogens with zero attached hydrogens (tertiary/aromatic N) is 3. The largest absolute Gasteiger partial charge is 0.384 e. The zero-order valence-corrected chi connectivity index (χ0v) is 9.03. The van der Waals surface area contributed by atoms with Crippen LogP contribution in [-0.2, 0) is 17.7 Å². The van der Waals surface area contributed by atoms with Gasteiger partial charge in [0.1, 0.15) is 11.6 Å². The van der Waals surface area contributed by atoms with Crippen LogP contribution in [0.25, 0.3) is 0 Å². The lowest BCUT2D eigenvalue weighted by molar-refractivity contribution is 0.199. The van der Waals surface area contributed by atoms with Gasteiger partial charge < -0.3 is 15.0 Å². The van der Waals surface area contributed by atoms with E-state index in [0.29, 0.717) is 19.2 Å². The van der Waals surface area contributed by atoms with E-state index in [0.717, 1.165) is 18.1 Å². The first kappa shape index (κ1) is 11.1. The summed E-state index contributed by atoms with van der Waals surface area (Å²) in [5, 5.41) is 8.14. The van der Waals surface area contributed by atoms with Crippen LogP contribution < -0.4 is 5.73 Å². The average Bonchev–Trinajstić information content (AvgIpc) is 2.57. The van der Waals surface area contributed by atoms with Gasteiger partial charge in [-0.05, 0) is 13.8 Å². The van der Waals surface area contributed by atoms with E-state index in [1.165, 1.54) is 0 Å². The molecule has 0 saturated carbocycles. The molecule has 0 amide bonds. The van der Waals surface area contributed by atoms with Crippen LogP contribution >= 0.6 is 0 Å². The Balaban J connectivity index is 2.87. The van der Waals surface area contributed by atoms with Crippen LogP contribution in [0.5, 0.6) is 0 Å². The molecule has 0 atom stereocenters. The second kappa shape index (κ2) is 5.07. The molecule has 0 spiro atoms. The summed E-state index contributed by atoms with van der Waals surface area (Å²) >= 11 is 0. The van der Waals surface area contributed by atoms with Gasteiger partial charge in [-0.15, -0.1) is 10.2 Å². The number of hydrogen-bond acceptors (Lipinski definition) is 4. The van der Waals surface area contributed by atoms with Gasteiger partial charge in [-0.1, -0.05) is 0 Å². The highest BCUT2D eigenvalue weighted by atomic mass is 16.5. The van der Waals surface area contributed by atoms with E-state index >= 15 is 0 Å². The smallest absolute Gasteiger partial charge is 0.147 e. The number of aromatic nitrogens is 3. The van der Waals surface area contributed by atoms with E-state index in [4.69, 9.17) is 10.5 Å². The molecule has 1 heterocycles. The Bertz CT molecular complexity index is 282. The van der Waals surface area contributed by atoms with Crippen molar-refractivity contribution in [2.45, 2.75) is 32.9 Å². The molecule has 0 radical (unpaired) electrons. The number of ether oxygens (including phenoxy) is 1. The molecule has 0 aliphatic rings. The predicted octanol–water partition coefficient (Wildman–Crippen LogP) is 0.507. The molecule has 0 bridgehead atoms. The molecule has 14 heavy (non-hydrogen) atoms.